The molecule has 1 atom stereocenters. The van der Waals surface area contributed by atoms with Crippen LogP contribution in [0.2, 0.25) is 0 Å². The van der Waals surface area contributed by atoms with Gasteiger partial charge in [0.05, 0.1) is 0 Å². The van der Waals surface area contributed by atoms with E-state index in [1.807, 2.05) is 13.8 Å². The van der Waals surface area contributed by atoms with Crippen LogP contribution in [0, 0.1) is 0 Å². The van der Waals surface area contributed by atoms with Gasteiger partial charge >= 0.3 is 0 Å². The number of nitrogens with two attached hydrogens (primary N) is 1. The molecule has 0 aliphatic carbocycles. The molecule has 1 saturated heterocycles. The van der Waals surface area contributed by atoms with Gasteiger partial charge in [0.2, 0.25) is 5.91 Å². The van der Waals surface area contributed by atoms with Gasteiger partial charge in [0.15, 0.2) is 0 Å². The third kappa shape index (κ3) is 4.28. The Bertz CT molecular complexity index is 214. The van der Waals surface area contributed by atoms with E-state index in [-0.39, 0.29) is 30.0 Å². The van der Waals surface area contributed by atoms with E-state index in [0.717, 1.165) is 25.7 Å². The third-order valence-electron chi connectivity index (χ3n) is 3.25. The van der Waals surface area contributed by atoms with Crippen molar-refractivity contribution in [3.8, 4) is 0 Å². The highest BCUT2D eigenvalue weighted by atomic mass is 35.5. The maximum atomic E-state index is 11.6. The molecule has 0 saturated carbocycles. The first-order valence-electron chi connectivity index (χ1n) is 5.79. The minimum absolute atomic E-state index is 0. The lowest BCUT2D eigenvalue weighted by Gasteiger charge is -2.27. The molecule has 1 rings (SSSR count). The molecule has 0 radical (unpaired) electrons. The van der Waals surface area contributed by atoms with Crippen LogP contribution in [-0.4, -0.2) is 30.7 Å². The number of hydrogen-bond donors (Lipinski definition) is 2. The second kappa shape index (κ2) is 7.09. The maximum Gasteiger partial charge on any atom is 0.249 e. The van der Waals surface area contributed by atoms with Crippen LogP contribution >= 0.6 is 12.4 Å². The van der Waals surface area contributed by atoms with Crippen molar-refractivity contribution >= 4 is 18.3 Å². The summed E-state index contributed by atoms with van der Waals surface area (Å²) < 4.78 is 5.29. The van der Waals surface area contributed by atoms with Crippen molar-refractivity contribution in [1.82, 2.24) is 5.32 Å². The van der Waals surface area contributed by atoms with Crippen molar-refractivity contribution in [2.45, 2.75) is 51.2 Å². The van der Waals surface area contributed by atoms with Crippen molar-refractivity contribution in [3.63, 3.8) is 0 Å². The largest absolute Gasteiger partial charge is 0.368 e. The van der Waals surface area contributed by atoms with Gasteiger partial charge in [-0.2, -0.15) is 0 Å². The number of halogens is 1. The predicted octanol–water partition coefficient (Wildman–Crippen LogP) is 1.22. The molecular weight excluding hydrogens is 228 g/mol. The fraction of sp³-hybridized carbons (Fsp3) is 0.909. The van der Waals surface area contributed by atoms with Crippen molar-refractivity contribution < 1.29 is 9.53 Å². The zero-order valence-electron chi connectivity index (χ0n) is 10.1. The Balaban J connectivity index is 0.00000225. The highest BCUT2D eigenvalue weighted by Gasteiger charge is 2.26. The molecule has 0 spiro atoms. The Hall–Kier alpha value is -0.320. The van der Waals surface area contributed by atoms with E-state index in [4.69, 9.17) is 10.5 Å². The van der Waals surface area contributed by atoms with Gasteiger partial charge in [0.1, 0.15) is 6.10 Å². The molecule has 16 heavy (non-hydrogen) atoms. The summed E-state index contributed by atoms with van der Waals surface area (Å²) in [6.45, 7) is 5.33. The van der Waals surface area contributed by atoms with Gasteiger partial charge in [-0.05, 0) is 25.7 Å². The molecular formula is C11H23ClN2O2. The molecule has 1 fully saturated rings. The van der Waals surface area contributed by atoms with Crippen molar-refractivity contribution in [1.29, 1.82) is 0 Å². The smallest absolute Gasteiger partial charge is 0.249 e. The van der Waals surface area contributed by atoms with Crippen LogP contribution in [0.3, 0.4) is 0 Å². The Kier molecular flexibility index (Phi) is 6.95. The lowest BCUT2D eigenvalue weighted by atomic mass is 9.94. The molecule has 1 aliphatic heterocycles. The molecule has 0 aromatic rings. The van der Waals surface area contributed by atoms with E-state index in [0.29, 0.717) is 13.2 Å². The first kappa shape index (κ1) is 15.7. The van der Waals surface area contributed by atoms with E-state index in [2.05, 4.69) is 5.32 Å². The topological polar surface area (TPSA) is 64.3 Å². The van der Waals surface area contributed by atoms with Gasteiger partial charge in [0.25, 0.3) is 0 Å². The highest BCUT2D eigenvalue weighted by molar-refractivity contribution is 5.85. The molecule has 1 heterocycles. The summed E-state index contributed by atoms with van der Waals surface area (Å²) in [4.78, 5) is 11.6. The van der Waals surface area contributed by atoms with Crippen molar-refractivity contribution in [2.75, 3.05) is 13.2 Å². The van der Waals surface area contributed by atoms with Crippen LogP contribution in [0.25, 0.3) is 0 Å². The summed E-state index contributed by atoms with van der Waals surface area (Å²) in [5.41, 5.74) is 5.82. The normalized spacial score (nSPS) is 20.3. The number of carbonyl (C=O) groups excluding carboxylic acids is 1. The molecule has 96 valence electrons. The van der Waals surface area contributed by atoms with Crippen LogP contribution in [0.5, 0.6) is 0 Å². The quantitative estimate of drug-likeness (QED) is 0.771. The molecule has 0 aromatic heterocycles. The number of rotatable bonds is 5. The minimum atomic E-state index is -0.270. The van der Waals surface area contributed by atoms with Gasteiger partial charge in [-0.3, -0.25) is 4.79 Å². The van der Waals surface area contributed by atoms with E-state index < -0.39 is 0 Å². The number of nitrogens with one attached hydrogen (secondary N) is 1. The predicted molar refractivity (Wildman–Crippen MR) is 66.7 cm³/mol. The van der Waals surface area contributed by atoms with Gasteiger partial charge in [-0.1, -0.05) is 13.8 Å². The Labute approximate surface area is 104 Å². The molecule has 5 heteroatoms. The second-order valence-electron chi connectivity index (χ2n) is 4.29. The molecule has 4 nitrogen and oxygen atoms in total. The number of ether oxygens (including phenoxy) is 1. The zero-order valence-corrected chi connectivity index (χ0v) is 10.9. The fourth-order valence-corrected chi connectivity index (χ4v) is 1.66. The summed E-state index contributed by atoms with van der Waals surface area (Å²) in [6.07, 6.45) is 3.31. The van der Waals surface area contributed by atoms with Gasteiger partial charge < -0.3 is 15.8 Å². The van der Waals surface area contributed by atoms with Crippen molar-refractivity contribution in [3.05, 3.63) is 0 Å². The fourth-order valence-electron chi connectivity index (χ4n) is 1.66. The maximum absolute atomic E-state index is 11.6. The SMILES string of the molecule is CCC(N)(CC)CNC(=O)[C@@H]1CCCO1.Cl. The lowest BCUT2D eigenvalue weighted by molar-refractivity contribution is -0.130. The van der Waals surface area contributed by atoms with E-state index in [1.54, 1.807) is 0 Å². The van der Waals surface area contributed by atoms with Gasteiger partial charge in [0, 0.05) is 18.7 Å². The van der Waals surface area contributed by atoms with Crippen LogP contribution in [0.15, 0.2) is 0 Å². The molecule has 1 aliphatic rings. The summed E-state index contributed by atoms with van der Waals surface area (Å²) in [5.74, 6) is -0.00998. The van der Waals surface area contributed by atoms with Crippen LogP contribution in [0.1, 0.15) is 39.5 Å². The highest BCUT2D eigenvalue weighted by Crippen LogP contribution is 2.13. The second-order valence-corrected chi connectivity index (χ2v) is 4.29. The monoisotopic (exact) mass is 250 g/mol. The molecule has 1 amide bonds. The summed E-state index contributed by atoms with van der Waals surface area (Å²) in [7, 11) is 0. The Morgan fingerprint density at radius 1 is 1.50 bits per heavy atom. The molecule has 3 N–H and O–H groups in total. The average Bonchev–Trinajstić information content (AvgIpc) is 2.79. The number of hydrogen-bond acceptors (Lipinski definition) is 3. The first-order chi connectivity index (χ1) is 7.11. The first-order valence-corrected chi connectivity index (χ1v) is 5.79. The average molecular weight is 251 g/mol. The lowest BCUT2D eigenvalue weighted by Crippen LogP contribution is -2.51. The zero-order chi connectivity index (χ0) is 11.3. The van der Waals surface area contributed by atoms with Crippen LogP contribution < -0.4 is 11.1 Å². The Morgan fingerprint density at radius 3 is 2.56 bits per heavy atom. The molecule has 0 aromatic carbocycles. The number of amides is 1. The van der Waals surface area contributed by atoms with Crippen LogP contribution in [-0.2, 0) is 9.53 Å². The van der Waals surface area contributed by atoms with Gasteiger partial charge in [-0.25, -0.2) is 0 Å². The summed E-state index contributed by atoms with van der Waals surface area (Å²) >= 11 is 0. The summed E-state index contributed by atoms with van der Waals surface area (Å²) in [6, 6.07) is 0. The van der Waals surface area contributed by atoms with Crippen LogP contribution in [0.4, 0.5) is 0 Å². The molecule has 0 unspecified atom stereocenters. The Morgan fingerprint density at radius 2 is 2.12 bits per heavy atom. The van der Waals surface area contributed by atoms with Crippen molar-refractivity contribution in [2.24, 2.45) is 5.73 Å². The summed E-state index contributed by atoms with van der Waals surface area (Å²) in [5, 5.41) is 2.88. The molecule has 0 bridgehead atoms. The van der Waals surface area contributed by atoms with E-state index in [1.165, 1.54) is 0 Å². The van der Waals surface area contributed by atoms with E-state index >= 15 is 0 Å². The van der Waals surface area contributed by atoms with Gasteiger partial charge in [-0.15, -0.1) is 12.4 Å². The van der Waals surface area contributed by atoms with E-state index in [9.17, 15) is 4.79 Å². The third-order valence-corrected chi connectivity index (χ3v) is 3.25. The number of carbonyl (C=O) groups is 1. The minimum Gasteiger partial charge on any atom is -0.368 e. The standard InChI is InChI=1S/C11H22N2O2.ClH/c1-3-11(12,4-2)8-13-10(14)9-6-5-7-15-9;/h9H,3-8,12H2,1-2H3,(H,13,14);1H/t9-;/m0./s1.